The molecule has 5 heteroatoms. The lowest BCUT2D eigenvalue weighted by molar-refractivity contribution is -0.123. The van der Waals surface area contributed by atoms with Crippen LogP contribution in [-0.2, 0) is 11.2 Å². The van der Waals surface area contributed by atoms with Gasteiger partial charge in [0.2, 0.25) is 5.91 Å². The van der Waals surface area contributed by atoms with Crippen LogP contribution >= 0.6 is 15.9 Å². The van der Waals surface area contributed by atoms with Gasteiger partial charge in [0.05, 0.1) is 7.11 Å². The third-order valence-corrected chi connectivity index (χ3v) is 4.52. The van der Waals surface area contributed by atoms with Gasteiger partial charge in [0, 0.05) is 16.6 Å². The van der Waals surface area contributed by atoms with Crippen molar-refractivity contribution in [2.24, 2.45) is 0 Å². The van der Waals surface area contributed by atoms with E-state index in [0.29, 0.717) is 13.0 Å². The maximum atomic E-state index is 11.0. The average molecular weight is 330 g/mol. The maximum absolute atomic E-state index is 11.0. The first-order valence-corrected chi connectivity index (χ1v) is 6.93. The van der Waals surface area contributed by atoms with E-state index in [-0.39, 0.29) is 5.91 Å². The highest BCUT2D eigenvalue weighted by Gasteiger charge is 2.16. The molecule has 1 rings (SSSR count). The second kappa shape index (κ2) is 6.91. The van der Waals surface area contributed by atoms with Gasteiger partial charge < -0.3 is 15.2 Å². The number of carbonyl (C=O) groups is 1. The molecule has 0 unspecified atom stereocenters. The highest BCUT2D eigenvalue weighted by atomic mass is 79.9. The minimum Gasteiger partial charge on any atom is -0.496 e. The molecule has 0 saturated carbocycles. The highest BCUT2D eigenvalue weighted by molar-refractivity contribution is 9.10. The van der Waals surface area contributed by atoms with Gasteiger partial charge in [-0.2, -0.15) is 0 Å². The van der Waals surface area contributed by atoms with Crippen LogP contribution in [0.25, 0.3) is 0 Å². The number of carbonyl (C=O) groups excluding carboxylic acids is 1. The minimum atomic E-state index is -0.479. The maximum Gasteiger partial charge on any atom is 0.245 e. The molecule has 1 aromatic carbocycles. The molecule has 0 heterocycles. The SMILES string of the molecule is COc1c(C)c(C)c(Br)c(C)c1CCNC(=O)CO. The van der Waals surface area contributed by atoms with Crippen LogP contribution in [0.15, 0.2) is 4.47 Å². The molecule has 0 spiro atoms. The summed E-state index contributed by atoms with van der Waals surface area (Å²) in [5.41, 5.74) is 4.47. The summed E-state index contributed by atoms with van der Waals surface area (Å²) in [4.78, 5) is 11.0. The Morgan fingerprint density at radius 3 is 2.42 bits per heavy atom. The second-order valence-corrected chi connectivity index (χ2v) is 5.25. The van der Waals surface area contributed by atoms with Crippen LogP contribution in [0.3, 0.4) is 0 Å². The van der Waals surface area contributed by atoms with E-state index in [4.69, 9.17) is 9.84 Å². The molecule has 4 nitrogen and oxygen atoms in total. The Labute approximate surface area is 122 Å². The standard InChI is InChI=1S/C14H20BrNO3/c1-8-9(2)14(19-4)11(10(3)13(8)15)5-6-16-12(18)7-17/h17H,5-7H2,1-4H3,(H,16,18). The molecule has 106 valence electrons. The fraction of sp³-hybridized carbons (Fsp3) is 0.500. The molecule has 0 aromatic heterocycles. The Morgan fingerprint density at radius 2 is 1.89 bits per heavy atom. The zero-order chi connectivity index (χ0) is 14.6. The van der Waals surface area contributed by atoms with Crippen molar-refractivity contribution in [1.29, 1.82) is 0 Å². The van der Waals surface area contributed by atoms with Gasteiger partial charge in [-0.15, -0.1) is 0 Å². The van der Waals surface area contributed by atoms with E-state index in [2.05, 4.69) is 21.2 Å². The molecule has 0 atom stereocenters. The van der Waals surface area contributed by atoms with Crippen LogP contribution in [-0.4, -0.2) is 31.3 Å². The van der Waals surface area contributed by atoms with Crippen molar-refractivity contribution in [3.63, 3.8) is 0 Å². The first-order chi connectivity index (χ1) is 8.93. The molecule has 19 heavy (non-hydrogen) atoms. The number of hydrogen-bond acceptors (Lipinski definition) is 3. The molecule has 1 amide bonds. The van der Waals surface area contributed by atoms with E-state index < -0.39 is 6.61 Å². The molecular formula is C14H20BrNO3. The Hall–Kier alpha value is -1.07. The van der Waals surface area contributed by atoms with E-state index >= 15 is 0 Å². The number of rotatable bonds is 5. The molecule has 0 saturated heterocycles. The lowest BCUT2D eigenvalue weighted by Gasteiger charge is -2.19. The summed E-state index contributed by atoms with van der Waals surface area (Å²) in [6.45, 7) is 6.10. The van der Waals surface area contributed by atoms with Gasteiger partial charge >= 0.3 is 0 Å². The summed E-state index contributed by atoms with van der Waals surface area (Å²) >= 11 is 3.60. The predicted molar refractivity (Wildman–Crippen MR) is 78.7 cm³/mol. The van der Waals surface area contributed by atoms with Crippen molar-refractivity contribution >= 4 is 21.8 Å². The Balaban J connectivity index is 3.02. The van der Waals surface area contributed by atoms with Gasteiger partial charge in [-0.3, -0.25) is 4.79 Å². The van der Waals surface area contributed by atoms with Crippen molar-refractivity contribution in [1.82, 2.24) is 5.32 Å². The molecule has 0 aliphatic carbocycles. The van der Waals surface area contributed by atoms with E-state index in [1.54, 1.807) is 7.11 Å². The summed E-state index contributed by atoms with van der Waals surface area (Å²) in [6, 6.07) is 0. The summed E-state index contributed by atoms with van der Waals surface area (Å²) in [7, 11) is 1.66. The van der Waals surface area contributed by atoms with E-state index in [9.17, 15) is 4.79 Å². The zero-order valence-corrected chi connectivity index (χ0v) is 13.3. The normalized spacial score (nSPS) is 10.4. The molecule has 1 aromatic rings. The smallest absolute Gasteiger partial charge is 0.245 e. The number of benzene rings is 1. The topological polar surface area (TPSA) is 58.6 Å². The molecule has 0 radical (unpaired) electrons. The van der Waals surface area contributed by atoms with Crippen molar-refractivity contribution in [2.75, 3.05) is 20.3 Å². The molecule has 0 aliphatic rings. The number of halogens is 1. The number of ether oxygens (including phenoxy) is 1. The average Bonchev–Trinajstić information content (AvgIpc) is 2.41. The van der Waals surface area contributed by atoms with Gasteiger partial charge in [-0.1, -0.05) is 15.9 Å². The third kappa shape index (κ3) is 3.48. The Morgan fingerprint density at radius 1 is 1.26 bits per heavy atom. The van der Waals surface area contributed by atoms with Crippen LogP contribution in [0.5, 0.6) is 5.75 Å². The molecule has 0 aliphatic heterocycles. The highest BCUT2D eigenvalue weighted by Crippen LogP contribution is 2.36. The predicted octanol–water partition coefficient (Wildman–Crippen LogP) is 2.03. The van der Waals surface area contributed by atoms with Gasteiger partial charge in [-0.25, -0.2) is 0 Å². The van der Waals surface area contributed by atoms with Crippen molar-refractivity contribution in [2.45, 2.75) is 27.2 Å². The number of aliphatic hydroxyl groups is 1. The summed E-state index contributed by atoms with van der Waals surface area (Å²) < 4.78 is 6.57. The second-order valence-electron chi connectivity index (χ2n) is 4.46. The Kier molecular flexibility index (Phi) is 5.82. The van der Waals surface area contributed by atoms with Crippen LogP contribution in [0, 0.1) is 20.8 Å². The van der Waals surface area contributed by atoms with Crippen molar-refractivity contribution < 1.29 is 14.6 Å². The van der Waals surface area contributed by atoms with Gasteiger partial charge in [0.15, 0.2) is 0 Å². The van der Waals surface area contributed by atoms with Crippen LogP contribution in [0.4, 0.5) is 0 Å². The monoisotopic (exact) mass is 329 g/mol. The van der Waals surface area contributed by atoms with Crippen LogP contribution < -0.4 is 10.1 Å². The molecular weight excluding hydrogens is 310 g/mol. The van der Waals surface area contributed by atoms with Crippen LogP contribution in [0.1, 0.15) is 22.3 Å². The van der Waals surface area contributed by atoms with Gasteiger partial charge in [0.1, 0.15) is 12.4 Å². The van der Waals surface area contributed by atoms with Crippen LogP contribution in [0.2, 0.25) is 0 Å². The Bertz CT molecular complexity index is 486. The zero-order valence-electron chi connectivity index (χ0n) is 11.8. The quantitative estimate of drug-likeness (QED) is 0.869. The van der Waals surface area contributed by atoms with Gasteiger partial charge in [-0.05, 0) is 43.9 Å². The lowest BCUT2D eigenvalue weighted by atomic mass is 9.97. The van der Waals surface area contributed by atoms with Crippen molar-refractivity contribution in [3.8, 4) is 5.75 Å². The fourth-order valence-electron chi connectivity index (χ4n) is 2.11. The number of amides is 1. The number of methoxy groups -OCH3 is 1. The van der Waals surface area contributed by atoms with E-state index in [1.807, 2.05) is 20.8 Å². The first kappa shape index (κ1) is 16.0. The summed E-state index contributed by atoms with van der Waals surface area (Å²) in [5.74, 6) is 0.510. The minimum absolute atomic E-state index is 0.362. The lowest BCUT2D eigenvalue weighted by Crippen LogP contribution is -2.28. The number of aliphatic hydroxyl groups excluding tert-OH is 1. The number of nitrogens with one attached hydrogen (secondary N) is 1. The fourth-order valence-corrected chi connectivity index (χ4v) is 2.64. The first-order valence-electron chi connectivity index (χ1n) is 6.13. The third-order valence-electron chi connectivity index (χ3n) is 3.33. The van der Waals surface area contributed by atoms with E-state index in [0.717, 1.165) is 32.5 Å². The molecule has 0 fully saturated rings. The van der Waals surface area contributed by atoms with Gasteiger partial charge in [0.25, 0.3) is 0 Å². The van der Waals surface area contributed by atoms with Crippen molar-refractivity contribution in [3.05, 3.63) is 26.7 Å². The molecule has 2 N–H and O–H groups in total. The van der Waals surface area contributed by atoms with E-state index in [1.165, 1.54) is 0 Å². The number of hydrogen-bond donors (Lipinski definition) is 2. The molecule has 0 bridgehead atoms. The largest absolute Gasteiger partial charge is 0.496 e. The summed E-state index contributed by atoms with van der Waals surface area (Å²) in [6.07, 6.45) is 0.667. The summed E-state index contributed by atoms with van der Waals surface area (Å²) in [5, 5.41) is 11.3.